The molecule has 2 unspecified atom stereocenters. The molecular formula is C6H14N2O. The molecule has 1 rings (SSSR count). The Balaban J connectivity index is 2.32. The molecule has 0 aliphatic carbocycles. The Labute approximate surface area is 55.4 Å². The minimum Gasteiger partial charge on any atom is -0.381 e. The lowest BCUT2D eigenvalue weighted by atomic mass is 9.97. The molecule has 54 valence electrons. The highest BCUT2D eigenvalue weighted by atomic mass is 16.5. The predicted molar refractivity (Wildman–Crippen MR) is 35.9 cm³/mol. The van der Waals surface area contributed by atoms with Crippen molar-refractivity contribution in [2.45, 2.75) is 0 Å². The minimum atomic E-state index is 0.509. The van der Waals surface area contributed by atoms with Crippen molar-refractivity contribution in [3.05, 3.63) is 0 Å². The molecule has 1 saturated heterocycles. The first kappa shape index (κ1) is 6.99. The molecule has 3 heteroatoms. The maximum Gasteiger partial charge on any atom is 0.0510 e. The van der Waals surface area contributed by atoms with Gasteiger partial charge in [0.1, 0.15) is 0 Å². The average molecular weight is 130 g/mol. The molecule has 1 aliphatic heterocycles. The first-order valence-corrected chi connectivity index (χ1v) is 3.36. The van der Waals surface area contributed by atoms with E-state index in [4.69, 9.17) is 16.2 Å². The molecular weight excluding hydrogens is 116 g/mol. The third-order valence-corrected chi connectivity index (χ3v) is 1.94. The van der Waals surface area contributed by atoms with Crippen molar-refractivity contribution in [1.29, 1.82) is 0 Å². The maximum absolute atomic E-state index is 5.46. The van der Waals surface area contributed by atoms with Crippen molar-refractivity contribution in [3.8, 4) is 0 Å². The van der Waals surface area contributed by atoms with Crippen LogP contribution in [0, 0.1) is 11.8 Å². The average Bonchev–Trinajstić information content (AvgIpc) is 2.33. The van der Waals surface area contributed by atoms with Crippen LogP contribution in [0.3, 0.4) is 0 Å². The number of rotatable bonds is 2. The van der Waals surface area contributed by atoms with Crippen LogP contribution >= 0.6 is 0 Å². The fraction of sp³-hybridized carbons (Fsp3) is 1.00. The molecule has 2 atom stereocenters. The summed E-state index contributed by atoms with van der Waals surface area (Å²) in [4.78, 5) is 0. The summed E-state index contributed by atoms with van der Waals surface area (Å²) in [6.45, 7) is 3.03. The number of hydrogen-bond acceptors (Lipinski definition) is 3. The molecule has 1 fully saturated rings. The molecule has 0 aromatic carbocycles. The Morgan fingerprint density at radius 1 is 1.11 bits per heavy atom. The molecule has 0 bridgehead atoms. The second-order valence-corrected chi connectivity index (χ2v) is 2.53. The summed E-state index contributed by atoms with van der Waals surface area (Å²) < 4.78 is 5.19. The lowest BCUT2D eigenvalue weighted by Gasteiger charge is -2.11. The van der Waals surface area contributed by atoms with E-state index < -0.39 is 0 Å². The summed E-state index contributed by atoms with van der Waals surface area (Å²) >= 11 is 0. The van der Waals surface area contributed by atoms with Gasteiger partial charge in [0.15, 0.2) is 0 Å². The van der Waals surface area contributed by atoms with E-state index in [-0.39, 0.29) is 0 Å². The van der Waals surface area contributed by atoms with Gasteiger partial charge in [-0.15, -0.1) is 0 Å². The second kappa shape index (κ2) is 3.15. The van der Waals surface area contributed by atoms with Gasteiger partial charge in [-0.1, -0.05) is 0 Å². The Morgan fingerprint density at radius 2 is 1.56 bits per heavy atom. The Hall–Kier alpha value is -0.120. The second-order valence-electron chi connectivity index (χ2n) is 2.53. The summed E-state index contributed by atoms with van der Waals surface area (Å²) in [7, 11) is 0. The monoisotopic (exact) mass is 130 g/mol. The van der Waals surface area contributed by atoms with E-state index >= 15 is 0 Å². The van der Waals surface area contributed by atoms with Gasteiger partial charge < -0.3 is 16.2 Å². The van der Waals surface area contributed by atoms with E-state index in [1.807, 2.05) is 0 Å². The summed E-state index contributed by atoms with van der Waals surface area (Å²) in [6, 6.07) is 0. The van der Waals surface area contributed by atoms with Crippen LogP contribution in [-0.4, -0.2) is 26.3 Å². The van der Waals surface area contributed by atoms with Crippen molar-refractivity contribution in [3.63, 3.8) is 0 Å². The smallest absolute Gasteiger partial charge is 0.0510 e. The van der Waals surface area contributed by atoms with Gasteiger partial charge in [0.25, 0.3) is 0 Å². The van der Waals surface area contributed by atoms with E-state index in [0.717, 1.165) is 13.2 Å². The van der Waals surface area contributed by atoms with E-state index in [0.29, 0.717) is 24.9 Å². The summed E-state index contributed by atoms with van der Waals surface area (Å²) in [5.41, 5.74) is 10.9. The van der Waals surface area contributed by atoms with Crippen molar-refractivity contribution in [2.75, 3.05) is 26.3 Å². The maximum atomic E-state index is 5.46. The fourth-order valence-corrected chi connectivity index (χ4v) is 1.16. The summed E-state index contributed by atoms with van der Waals surface area (Å²) in [5.74, 6) is 1.02. The number of hydrogen-bond donors (Lipinski definition) is 2. The zero-order chi connectivity index (χ0) is 6.69. The highest BCUT2D eigenvalue weighted by Crippen LogP contribution is 2.17. The van der Waals surface area contributed by atoms with E-state index in [1.165, 1.54) is 0 Å². The molecule has 0 saturated carbocycles. The normalized spacial score (nSPS) is 35.3. The summed E-state index contributed by atoms with van der Waals surface area (Å²) in [6.07, 6.45) is 0. The highest BCUT2D eigenvalue weighted by Gasteiger charge is 2.25. The van der Waals surface area contributed by atoms with Crippen LogP contribution in [0.25, 0.3) is 0 Å². The van der Waals surface area contributed by atoms with Gasteiger partial charge in [0.2, 0.25) is 0 Å². The number of ether oxygens (including phenoxy) is 1. The molecule has 0 aromatic heterocycles. The van der Waals surface area contributed by atoms with Gasteiger partial charge in [-0.25, -0.2) is 0 Å². The molecule has 0 aromatic rings. The van der Waals surface area contributed by atoms with Crippen molar-refractivity contribution < 1.29 is 4.74 Å². The minimum absolute atomic E-state index is 0.509. The standard InChI is InChI=1S/C6H14N2O/c7-1-5-3-9-4-6(5)2-8/h5-6H,1-4,7-8H2. The van der Waals surface area contributed by atoms with E-state index in [9.17, 15) is 0 Å². The Kier molecular flexibility index (Phi) is 2.45. The molecule has 0 amide bonds. The van der Waals surface area contributed by atoms with Crippen LogP contribution in [0.2, 0.25) is 0 Å². The van der Waals surface area contributed by atoms with Crippen LogP contribution in [0.1, 0.15) is 0 Å². The van der Waals surface area contributed by atoms with Gasteiger partial charge in [-0.05, 0) is 13.1 Å². The molecule has 1 aliphatic rings. The van der Waals surface area contributed by atoms with Crippen LogP contribution < -0.4 is 11.5 Å². The number of nitrogens with two attached hydrogens (primary N) is 2. The highest BCUT2D eigenvalue weighted by molar-refractivity contribution is 4.75. The van der Waals surface area contributed by atoms with Crippen LogP contribution in [0.15, 0.2) is 0 Å². The molecule has 1 heterocycles. The van der Waals surface area contributed by atoms with Crippen molar-refractivity contribution in [2.24, 2.45) is 23.3 Å². The fourth-order valence-electron chi connectivity index (χ4n) is 1.16. The van der Waals surface area contributed by atoms with Gasteiger partial charge in [0, 0.05) is 11.8 Å². The van der Waals surface area contributed by atoms with Gasteiger partial charge in [-0.3, -0.25) is 0 Å². The van der Waals surface area contributed by atoms with Gasteiger partial charge in [-0.2, -0.15) is 0 Å². The Bertz CT molecular complexity index is 77.1. The lowest BCUT2D eigenvalue weighted by molar-refractivity contribution is 0.181. The molecule has 0 spiro atoms. The first-order valence-electron chi connectivity index (χ1n) is 3.36. The molecule has 9 heavy (non-hydrogen) atoms. The largest absolute Gasteiger partial charge is 0.381 e. The predicted octanol–water partition coefficient (Wildman–Crippen LogP) is -0.834. The third kappa shape index (κ3) is 1.41. The van der Waals surface area contributed by atoms with Crippen LogP contribution in [0.5, 0.6) is 0 Å². The van der Waals surface area contributed by atoms with Crippen molar-refractivity contribution >= 4 is 0 Å². The molecule has 0 radical (unpaired) electrons. The quantitative estimate of drug-likeness (QED) is 0.512. The van der Waals surface area contributed by atoms with E-state index in [1.54, 1.807) is 0 Å². The van der Waals surface area contributed by atoms with Gasteiger partial charge in [0.05, 0.1) is 13.2 Å². The summed E-state index contributed by atoms with van der Waals surface area (Å²) in [5, 5.41) is 0. The van der Waals surface area contributed by atoms with Crippen molar-refractivity contribution in [1.82, 2.24) is 0 Å². The SMILES string of the molecule is NCC1COCC1CN. The Morgan fingerprint density at radius 3 is 1.89 bits per heavy atom. The zero-order valence-electron chi connectivity index (χ0n) is 5.55. The van der Waals surface area contributed by atoms with E-state index in [2.05, 4.69) is 0 Å². The molecule has 4 N–H and O–H groups in total. The first-order chi connectivity index (χ1) is 4.38. The van der Waals surface area contributed by atoms with Gasteiger partial charge >= 0.3 is 0 Å². The van der Waals surface area contributed by atoms with Crippen LogP contribution in [-0.2, 0) is 4.74 Å². The topological polar surface area (TPSA) is 61.3 Å². The zero-order valence-corrected chi connectivity index (χ0v) is 5.55. The van der Waals surface area contributed by atoms with Crippen LogP contribution in [0.4, 0.5) is 0 Å². The lowest BCUT2D eigenvalue weighted by Crippen LogP contribution is -2.27. The molecule has 3 nitrogen and oxygen atoms in total. The third-order valence-electron chi connectivity index (χ3n) is 1.94.